The smallest absolute Gasteiger partial charge is 0.335 e. The molecule has 3 heterocycles. The van der Waals surface area contributed by atoms with Crippen LogP contribution in [-0.4, -0.2) is 30.6 Å². The van der Waals surface area contributed by atoms with Gasteiger partial charge in [0.2, 0.25) is 5.88 Å². The summed E-state index contributed by atoms with van der Waals surface area (Å²) in [6.07, 6.45) is 3.16. The lowest BCUT2D eigenvalue weighted by Crippen LogP contribution is -2.06. The molecule has 0 radical (unpaired) electrons. The van der Waals surface area contributed by atoms with Crippen LogP contribution in [0.4, 0.5) is 8.78 Å². The number of hydrogen-bond donors (Lipinski definition) is 1. The molecule has 3 aromatic heterocycles. The second-order valence-electron chi connectivity index (χ2n) is 9.47. The van der Waals surface area contributed by atoms with Crippen molar-refractivity contribution in [2.75, 3.05) is 0 Å². The quantitative estimate of drug-likeness (QED) is 0.196. The fourth-order valence-electron chi connectivity index (χ4n) is 4.59. The number of carboxylic acids is 1. The Morgan fingerprint density at radius 3 is 2.64 bits per heavy atom. The van der Waals surface area contributed by atoms with Gasteiger partial charge in [0.15, 0.2) is 6.39 Å². The fraction of sp³-hybridized carbons (Fsp3) is 0.0968. The molecule has 0 aliphatic heterocycles. The number of rotatable bonds is 9. The number of ether oxygens (including phenoxy) is 1. The van der Waals surface area contributed by atoms with Crippen molar-refractivity contribution in [1.29, 1.82) is 0 Å². The first-order chi connectivity index (χ1) is 20.3. The molecule has 0 amide bonds. The van der Waals surface area contributed by atoms with Crippen LogP contribution in [0.25, 0.3) is 22.3 Å². The monoisotopic (exact) mass is 586 g/mol. The maximum Gasteiger partial charge on any atom is 0.335 e. The number of imidazole rings is 1. The molecule has 0 aliphatic carbocycles. The lowest BCUT2D eigenvalue weighted by Gasteiger charge is -2.11. The van der Waals surface area contributed by atoms with E-state index in [1.807, 2.05) is 4.57 Å². The van der Waals surface area contributed by atoms with Crippen LogP contribution < -0.4 is 4.74 Å². The zero-order chi connectivity index (χ0) is 29.2. The minimum atomic E-state index is -1.05. The minimum absolute atomic E-state index is 0.0656. The van der Waals surface area contributed by atoms with Crippen molar-refractivity contribution in [1.82, 2.24) is 19.5 Å². The van der Waals surface area contributed by atoms with E-state index in [4.69, 9.17) is 20.8 Å². The van der Waals surface area contributed by atoms with Crippen LogP contribution >= 0.6 is 11.6 Å². The summed E-state index contributed by atoms with van der Waals surface area (Å²) in [5.74, 6) is -0.663. The number of oxazole rings is 1. The first-order valence-corrected chi connectivity index (χ1v) is 13.1. The lowest BCUT2D eigenvalue weighted by atomic mass is 10.1. The van der Waals surface area contributed by atoms with Crippen LogP contribution in [0.2, 0.25) is 5.02 Å². The number of aromatic carboxylic acids is 1. The standard InChI is InChI=1S/C31H21ClF2N4O4/c32-21-7-5-20(24(33)13-21)16-41-30-3-1-2-26(37-30)23-8-4-18(10-25(23)34)11-29-36-27-9-6-19(31(39)40)12-28(27)38(29)15-22-14-35-17-42-22/h1-10,12-14,17H,11,15-16H2,(H,39,40). The molecule has 6 aromatic rings. The Morgan fingerprint density at radius 1 is 1.00 bits per heavy atom. The first-order valence-electron chi connectivity index (χ1n) is 12.8. The number of carboxylic acid groups (broad SMARTS) is 1. The summed E-state index contributed by atoms with van der Waals surface area (Å²) in [7, 11) is 0. The Labute approximate surface area is 242 Å². The molecule has 8 nitrogen and oxygen atoms in total. The highest BCUT2D eigenvalue weighted by Gasteiger charge is 2.17. The van der Waals surface area contributed by atoms with E-state index in [0.29, 0.717) is 39.4 Å². The third kappa shape index (κ3) is 5.70. The summed E-state index contributed by atoms with van der Waals surface area (Å²) >= 11 is 5.81. The van der Waals surface area contributed by atoms with Crippen LogP contribution in [0, 0.1) is 11.6 Å². The van der Waals surface area contributed by atoms with Crippen molar-refractivity contribution in [3.8, 4) is 17.1 Å². The Morgan fingerprint density at radius 2 is 1.88 bits per heavy atom. The normalized spacial score (nSPS) is 11.2. The summed E-state index contributed by atoms with van der Waals surface area (Å²) in [5.41, 5.74) is 2.92. The SMILES string of the molecule is O=C(O)c1ccc2nc(Cc3ccc(-c4cccc(OCc5ccc(Cl)cc5F)n4)c(F)c3)n(Cc3cnco3)c2c1. The van der Waals surface area contributed by atoms with E-state index >= 15 is 4.39 Å². The Hall–Kier alpha value is -5.09. The van der Waals surface area contributed by atoms with Crippen LogP contribution in [0.15, 0.2) is 89.8 Å². The largest absolute Gasteiger partial charge is 0.478 e. The summed E-state index contributed by atoms with van der Waals surface area (Å²) in [5, 5.41) is 9.76. The van der Waals surface area contributed by atoms with Gasteiger partial charge in [-0.1, -0.05) is 29.8 Å². The van der Waals surface area contributed by atoms with Crippen molar-refractivity contribution in [3.63, 3.8) is 0 Å². The van der Waals surface area contributed by atoms with Gasteiger partial charge >= 0.3 is 5.97 Å². The molecule has 0 atom stereocenters. The van der Waals surface area contributed by atoms with Gasteiger partial charge < -0.3 is 18.8 Å². The number of carbonyl (C=O) groups is 1. The molecule has 1 N–H and O–H groups in total. The van der Waals surface area contributed by atoms with Gasteiger partial charge in [0.25, 0.3) is 0 Å². The number of fused-ring (bicyclic) bond motifs is 1. The Bertz CT molecular complexity index is 1920. The number of benzene rings is 3. The molecule has 0 bridgehead atoms. The van der Waals surface area contributed by atoms with E-state index in [1.165, 1.54) is 30.7 Å². The number of halogens is 3. The Kier molecular flexibility index (Phi) is 7.37. The average Bonchev–Trinajstić information content (AvgIpc) is 3.61. The third-order valence-electron chi connectivity index (χ3n) is 6.66. The van der Waals surface area contributed by atoms with E-state index in [1.54, 1.807) is 54.7 Å². The van der Waals surface area contributed by atoms with Gasteiger partial charge in [-0.2, -0.15) is 0 Å². The predicted octanol–water partition coefficient (Wildman–Crippen LogP) is 6.93. The van der Waals surface area contributed by atoms with Gasteiger partial charge in [-0.3, -0.25) is 0 Å². The van der Waals surface area contributed by atoms with Crippen molar-refractivity contribution in [2.24, 2.45) is 0 Å². The van der Waals surface area contributed by atoms with Gasteiger partial charge in [-0.05, 0) is 54.1 Å². The molecule has 0 spiro atoms. The average molecular weight is 587 g/mol. The third-order valence-corrected chi connectivity index (χ3v) is 6.89. The Balaban J connectivity index is 1.25. The van der Waals surface area contributed by atoms with Crippen molar-refractivity contribution < 1.29 is 27.8 Å². The van der Waals surface area contributed by atoms with Gasteiger partial charge in [0.05, 0.1) is 35.0 Å². The summed E-state index contributed by atoms with van der Waals surface area (Å²) in [6, 6.07) is 18.8. The zero-order valence-electron chi connectivity index (χ0n) is 21.8. The maximum absolute atomic E-state index is 15.4. The van der Waals surface area contributed by atoms with E-state index in [2.05, 4.69) is 15.0 Å². The molecular weight excluding hydrogens is 566 g/mol. The van der Waals surface area contributed by atoms with Crippen LogP contribution in [0.5, 0.6) is 5.88 Å². The molecule has 11 heteroatoms. The zero-order valence-corrected chi connectivity index (χ0v) is 22.6. The first kappa shape index (κ1) is 27.1. The molecule has 0 saturated carbocycles. The van der Waals surface area contributed by atoms with Crippen molar-refractivity contribution in [3.05, 3.63) is 130 Å². The van der Waals surface area contributed by atoms with Gasteiger partial charge in [0.1, 0.15) is 29.8 Å². The molecule has 6 rings (SSSR count). The van der Waals surface area contributed by atoms with E-state index in [9.17, 15) is 14.3 Å². The highest BCUT2D eigenvalue weighted by atomic mass is 35.5. The van der Waals surface area contributed by atoms with Crippen LogP contribution in [-0.2, 0) is 19.6 Å². The van der Waals surface area contributed by atoms with Crippen LogP contribution in [0.1, 0.15) is 33.1 Å². The topological polar surface area (TPSA) is 103 Å². The fourth-order valence-corrected chi connectivity index (χ4v) is 4.75. The highest BCUT2D eigenvalue weighted by molar-refractivity contribution is 6.30. The maximum atomic E-state index is 15.4. The molecule has 210 valence electrons. The summed E-state index contributed by atoms with van der Waals surface area (Å²) in [6.45, 7) is 0.204. The number of aromatic nitrogens is 4. The van der Waals surface area contributed by atoms with Crippen molar-refractivity contribution in [2.45, 2.75) is 19.6 Å². The highest BCUT2D eigenvalue weighted by Crippen LogP contribution is 2.27. The van der Waals surface area contributed by atoms with E-state index in [-0.39, 0.29) is 41.6 Å². The van der Waals surface area contributed by atoms with Gasteiger partial charge in [0, 0.05) is 28.6 Å². The van der Waals surface area contributed by atoms with Crippen molar-refractivity contribution >= 4 is 28.6 Å². The van der Waals surface area contributed by atoms with Gasteiger partial charge in [-0.15, -0.1) is 0 Å². The molecular formula is C31H21ClF2N4O4. The lowest BCUT2D eigenvalue weighted by molar-refractivity contribution is 0.0697. The molecule has 0 fully saturated rings. The minimum Gasteiger partial charge on any atom is -0.478 e. The van der Waals surface area contributed by atoms with E-state index < -0.39 is 17.6 Å². The summed E-state index contributed by atoms with van der Waals surface area (Å²) < 4.78 is 42.4. The predicted molar refractivity (Wildman–Crippen MR) is 150 cm³/mol. The van der Waals surface area contributed by atoms with Crippen LogP contribution in [0.3, 0.4) is 0 Å². The molecule has 0 unspecified atom stereocenters. The summed E-state index contributed by atoms with van der Waals surface area (Å²) in [4.78, 5) is 24.6. The number of nitrogens with zero attached hydrogens (tertiary/aromatic N) is 4. The second-order valence-corrected chi connectivity index (χ2v) is 9.90. The second kappa shape index (κ2) is 11.4. The number of hydrogen-bond acceptors (Lipinski definition) is 6. The van der Waals surface area contributed by atoms with Gasteiger partial charge in [-0.25, -0.2) is 28.5 Å². The number of pyridine rings is 1. The molecule has 0 saturated heterocycles. The van der Waals surface area contributed by atoms with E-state index in [0.717, 1.165) is 0 Å². The molecule has 42 heavy (non-hydrogen) atoms. The molecule has 3 aromatic carbocycles. The molecule has 0 aliphatic rings.